The molecule has 1 aromatic rings. The molecule has 5 nitrogen and oxygen atoms in total. The monoisotopic (exact) mass is 247 g/mol. The maximum Gasteiger partial charge on any atom is 0.242 e. The van der Waals surface area contributed by atoms with Crippen LogP contribution in [0.15, 0.2) is 24.3 Å². The predicted molar refractivity (Wildman–Crippen MR) is 69.1 cm³/mol. The van der Waals surface area contributed by atoms with Gasteiger partial charge in [-0.05, 0) is 25.5 Å². The van der Waals surface area contributed by atoms with Crippen LogP contribution in [0, 0.1) is 0 Å². The highest BCUT2D eigenvalue weighted by molar-refractivity contribution is 5.94. The third-order valence-electron chi connectivity index (χ3n) is 3.20. The van der Waals surface area contributed by atoms with Gasteiger partial charge in [0.1, 0.15) is 5.54 Å². The molecule has 5 heteroatoms. The Balaban J connectivity index is 2.15. The summed E-state index contributed by atoms with van der Waals surface area (Å²) in [6, 6.07) is 7.66. The lowest BCUT2D eigenvalue weighted by Crippen LogP contribution is -2.54. The van der Waals surface area contributed by atoms with Gasteiger partial charge in [0, 0.05) is 12.2 Å². The van der Waals surface area contributed by atoms with E-state index in [0.29, 0.717) is 6.54 Å². The van der Waals surface area contributed by atoms with Crippen molar-refractivity contribution in [3.05, 3.63) is 29.8 Å². The lowest BCUT2D eigenvalue weighted by atomic mass is 9.97. The summed E-state index contributed by atoms with van der Waals surface area (Å²) < 4.78 is 0. The van der Waals surface area contributed by atoms with Gasteiger partial charge in [-0.25, -0.2) is 0 Å². The van der Waals surface area contributed by atoms with Crippen LogP contribution in [0.1, 0.15) is 25.3 Å². The minimum absolute atomic E-state index is 0.184. The molecule has 1 aromatic carbocycles. The molecule has 0 fully saturated rings. The van der Waals surface area contributed by atoms with Crippen molar-refractivity contribution >= 4 is 17.5 Å². The van der Waals surface area contributed by atoms with Crippen LogP contribution in [0.5, 0.6) is 0 Å². The fourth-order valence-electron chi connectivity index (χ4n) is 1.97. The number of nitrogens with one attached hydrogen (secondary N) is 2. The molecule has 0 saturated heterocycles. The quantitative estimate of drug-likeness (QED) is 0.730. The van der Waals surface area contributed by atoms with E-state index in [1.807, 2.05) is 24.3 Å². The number of nitrogens with two attached hydrogens (primary N) is 1. The predicted octanol–water partition coefficient (Wildman–Crippen LogP) is 0.576. The molecule has 2 amide bonds. The number of para-hydroxylation sites is 1. The van der Waals surface area contributed by atoms with Crippen LogP contribution in [0.2, 0.25) is 0 Å². The van der Waals surface area contributed by atoms with E-state index in [1.165, 1.54) is 0 Å². The molecule has 18 heavy (non-hydrogen) atoms. The standard InChI is InChI=1S/C13H17N3O2/c1-13(2,12(14)18)16-11(17)9-7-15-10-6-4-3-5-8(9)10/h3-6,9,15H,7H2,1-2H3,(H2,14,18)(H,16,17). The number of rotatable bonds is 3. The molecule has 1 aliphatic rings. The molecule has 0 radical (unpaired) electrons. The molecular weight excluding hydrogens is 230 g/mol. The molecule has 4 N–H and O–H groups in total. The molecule has 1 unspecified atom stereocenters. The second-order valence-electron chi connectivity index (χ2n) is 5.00. The Hall–Kier alpha value is -2.04. The molecule has 2 rings (SSSR count). The lowest BCUT2D eigenvalue weighted by molar-refractivity contribution is -0.130. The van der Waals surface area contributed by atoms with Crippen LogP contribution in [-0.2, 0) is 9.59 Å². The summed E-state index contributed by atoms with van der Waals surface area (Å²) in [5, 5.41) is 5.85. The van der Waals surface area contributed by atoms with Crippen molar-refractivity contribution in [1.82, 2.24) is 5.32 Å². The van der Waals surface area contributed by atoms with Crippen molar-refractivity contribution in [2.75, 3.05) is 11.9 Å². The average molecular weight is 247 g/mol. The Morgan fingerprint density at radius 1 is 1.39 bits per heavy atom. The van der Waals surface area contributed by atoms with Gasteiger partial charge in [-0.1, -0.05) is 18.2 Å². The van der Waals surface area contributed by atoms with E-state index >= 15 is 0 Å². The maximum absolute atomic E-state index is 12.2. The molecule has 0 spiro atoms. The highest BCUT2D eigenvalue weighted by Gasteiger charge is 2.33. The molecule has 0 aromatic heterocycles. The van der Waals surface area contributed by atoms with E-state index in [0.717, 1.165) is 11.3 Å². The Labute approximate surface area is 106 Å². The molecular formula is C13H17N3O2. The van der Waals surface area contributed by atoms with E-state index in [-0.39, 0.29) is 11.8 Å². The van der Waals surface area contributed by atoms with Crippen molar-refractivity contribution in [1.29, 1.82) is 0 Å². The third-order valence-corrected chi connectivity index (χ3v) is 3.20. The number of carbonyl (C=O) groups excluding carboxylic acids is 2. The van der Waals surface area contributed by atoms with Gasteiger partial charge in [-0.15, -0.1) is 0 Å². The van der Waals surface area contributed by atoms with Gasteiger partial charge >= 0.3 is 0 Å². The normalized spacial score (nSPS) is 17.8. The topological polar surface area (TPSA) is 84.2 Å². The maximum atomic E-state index is 12.2. The number of anilines is 1. The molecule has 1 aliphatic heterocycles. The third kappa shape index (κ3) is 2.16. The summed E-state index contributed by atoms with van der Waals surface area (Å²) in [6.07, 6.45) is 0. The summed E-state index contributed by atoms with van der Waals surface area (Å²) in [6.45, 7) is 3.74. The number of hydrogen-bond donors (Lipinski definition) is 3. The highest BCUT2D eigenvalue weighted by atomic mass is 16.2. The number of amides is 2. The zero-order chi connectivity index (χ0) is 13.3. The van der Waals surface area contributed by atoms with E-state index in [2.05, 4.69) is 10.6 Å². The molecule has 0 bridgehead atoms. The minimum atomic E-state index is -1.03. The molecule has 0 aliphatic carbocycles. The average Bonchev–Trinajstić information content (AvgIpc) is 2.71. The largest absolute Gasteiger partial charge is 0.384 e. The number of hydrogen-bond acceptors (Lipinski definition) is 3. The number of carbonyl (C=O) groups is 2. The first kappa shape index (κ1) is 12.4. The minimum Gasteiger partial charge on any atom is -0.384 e. The van der Waals surface area contributed by atoms with Gasteiger partial charge in [-0.2, -0.15) is 0 Å². The van der Waals surface area contributed by atoms with Crippen molar-refractivity contribution in [2.45, 2.75) is 25.3 Å². The summed E-state index contributed by atoms with van der Waals surface area (Å²) in [5.41, 5.74) is 6.13. The number of fused-ring (bicyclic) bond motifs is 1. The Morgan fingerprint density at radius 3 is 2.72 bits per heavy atom. The van der Waals surface area contributed by atoms with E-state index in [1.54, 1.807) is 13.8 Å². The Bertz CT molecular complexity index is 497. The Morgan fingerprint density at radius 2 is 2.06 bits per heavy atom. The summed E-state index contributed by atoms with van der Waals surface area (Å²) >= 11 is 0. The van der Waals surface area contributed by atoms with E-state index in [4.69, 9.17) is 5.73 Å². The van der Waals surface area contributed by atoms with Crippen molar-refractivity contribution < 1.29 is 9.59 Å². The van der Waals surface area contributed by atoms with Gasteiger partial charge in [0.15, 0.2) is 0 Å². The Kier molecular flexibility index (Phi) is 2.98. The van der Waals surface area contributed by atoms with Gasteiger partial charge < -0.3 is 16.4 Å². The van der Waals surface area contributed by atoms with Crippen LogP contribution >= 0.6 is 0 Å². The fraction of sp³-hybridized carbons (Fsp3) is 0.385. The molecule has 0 saturated carbocycles. The lowest BCUT2D eigenvalue weighted by Gasteiger charge is -2.24. The van der Waals surface area contributed by atoms with Crippen LogP contribution in [0.25, 0.3) is 0 Å². The first-order chi connectivity index (χ1) is 8.42. The molecule has 1 atom stereocenters. The fourth-order valence-corrected chi connectivity index (χ4v) is 1.97. The molecule has 96 valence electrons. The van der Waals surface area contributed by atoms with Crippen LogP contribution in [0.3, 0.4) is 0 Å². The van der Waals surface area contributed by atoms with Crippen molar-refractivity contribution in [3.8, 4) is 0 Å². The van der Waals surface area contributed by atoms with Gasteiger partial charge in [0.25, 0.3) is 0 Å². The van der Waals surface area contributed by atoms with Gasteiger partial charge in [0.05, 0.1) is 5.92 Å². The van der Waals surface area contributed by atoms with Crippen molar-refractivity contribution in [2.24, 2.45) is 5.73 Å². The highest BCUT2D eigenvalue weighted by Crippen LogP contribution is 2.31. The van der Waals surface area contributed by atoms with Gasteiger partial charge in [-0.3, -0.25) is 9.59 Å². The van der Waals surface area contributed by atoms with Crippen LogP contribution in [-0.4, -0.2) is 23.9 Å². The zero-order valence-corrected chi connectivity index (χ0v) is 10.5. The van der Waals surface area contributed by atoms with E-state index in [9.17, 15) is 9.59 Å². The molecule has 1 heterocycles. The summed E-state index contributed by atoms with van der Waals surface area (Å²) in [5.74, 6) is -1.01. The van der Waals surface area contributed by atoms with Crippen molar-refractivity contribution in [3.63, 3.8) is 0 Å². The number of primary amides is 1. The smallest absolute Gasteiger partial charge is 0.242 e. The van der Waals surface area contributed by atoms with Gasteiger partial charge in [0.2, 0.25) is 11.8 Å². The SMILES string of the molecule is CC(C)(NC(=O)C1CNc2ccccc21)C(N)=O. The summed E-state index contributed by atoms with van der Waals surface area (Å²) in [7, 11) is 0. The van der Waals surface area contributed by atoms with Crippen LogP contribution in [0.4, 0.5) is 5.69 Å². The second kappa shape index (κ2) is 4.33. The first-order valence-corrected chi connectivity index (χ1v) is 5.86. The van der Waals surface area contributed by atoms with Crippen LogP contribution < -0.4 is 16.4 Å². The first-order valence-electron chi connectivity index (χ1n) is 5.86. The second-order valence-corrected chi connectivity index (χ2v) is 5.00. The van der Waals surface area contributed by atoms with E-state index < -0.39 is 11.4 Å². The number of benzene rings is 1. The zero-order valence-electron chi connectivity index (χ0n) is 10.5. The summed E-state index contributed by atoms with van der Waals surface area (Å²) in [4.78, 5) is 23.4.